The van der Waals surface area contributed by atoms with E-state index in [1.54, 1.807) is 0 Å². The number of nitrogens with one attached hydrogen (secondary N) is 1. The van der Waals surface area contributed by atoms with Crippen LogP contribution in [0.25, 0.3) is 0 Å². The van der Waals surface area contributed by atoms with Crippen LogP contribution in [0.1, 0.15) is 45.4 Å². The molecular formula is C13H22ClN5. The van der Waals surface area contributed by atoms with Gasteiger partial charge in [-0.1, -0.05) is 25.7 Å². The monoisotopic (exact) mass is 283 g/mol. The highest BCUT2D eigenvalue weighted by atomic mass is 35.5. The second-order valence-corrected chi connectivity index (χ2v) is 5.35. The van der Waals surface area contributed by atoms with Crippen LogP contribution in [0.2, 0.25) is 5.28 Å². The highest BCUT2D eigenvalue weighted by molar-refractivity contribution is 6.28. The summed E-state index contributed by atoms with van der Waals surface area (Å²) in [7, 11) is 2.05. The second-order valence-electron chi connectivity index (χ2n) is 5.01. The molecule has 1 aromatic rings. The van der Waals surface area contributed by atoms with Crippen LogP contribution in [-0.4, -0.2) is 34.6 Å². The normalized spacial score (nSPS) is 17.0. The Kier molecular flexibility index (Phi) is 5.19. The summed E-state index contributed by atoms with van der Waals surface area (Å²) < 4.78 is 0. The topological polar surface area (TPSA) is 53.9 Å². The standard InChI is InChI=1S/C13H22ClN5/c1-3-15-12-16-11(14)17-13(18-12)19(2)10-8-6-4-5-7-9-10/h10H,3-9H2,1-2H3,(H,15,16,17,18). The van der Waals surface area contributed by atoms with Crippen molar-refractivity contribution in [3.8, 4) is 0 Å². The maximum atomic E-state index is 5.97. The largest absolute Gasteiger partial charge is 0.354 e. The van der Waals surface area contributed by atoms with Crippen LogP contribution in [0, 0.1) is 0 Å². The molecule has 1 fully saturated rings. The molecule has 0 radical (unpaired) electrons. The Hall–Kier alpha value is -1.10. The van der Waals surface area contributed by atoms with Crippen LogP contribution in [0.3, 0.4) is 0 Å². The smallest absolute Gasteiger partial charge is 0.231 e. The van der Waals surface area contributed by atoms with E-state index in [2.05, 4.69) is 32.2 Å². The van der Waals surface area contributed by atoms with Crippen molar-refractivity contribution in [3.63, 3.8) is 0 Å². The van der Waals surface area contributed by atoms with Crippen molar-refractivity contribution < 1.29 is 0 Å². The molecular weight excluding hydrogens is 262 g/mol. The summed E-state index contributed by atoms with van der Waals surface area (Å²) in [5.74, 6) is 1.22. The number of nitrogens with zero attached hydrogens (tertiary/aromatic N) is 4. The Morgan fingerprint density at radius 3 is 2.47 bits per heavy atom. The lowest BCUT2D eigenvalue weighted by Gasteiger charge is -2.27. The summed E-state index contributed by atoms with van der Waals surface area (Å²) in [5.41, 5.74) is 0. The van der Waals surface area contributed by atoms with Crippen LogP contribution in [-0.2, 0) is 0 Å². The van der Waals surface area contributed by atoms with Gasteiger partial charge in [-0.15, -0.1) is 0 Å². The zero-order valence-electron chi connectivity index (χ0n) is 11.7. The lowest BCUT2D eigenvalue weighted by atomic mass is 10.1. The molecule has 0 spiro atoms. The average Bonchev–Trinajstić information content (AvgIpc) is 2.66. The first-order valence-corrected chi connectivity index (χ1v) is 7.46. The molecule has 0 atom stereocenters. The summed E-state index contributed by atoms with van der Waals surface area (Å²) in [5, 5.41) is 3.34. The first kappa shape index (κ1) is 14.3. The Morgan fingerprint density at radius 1 is 1.16 bits per heavy atom. The molecule has 106 valence electrons. The van der Waals surface area contributed by atoms with E-state index in [1.807, 2.05) is 6.92 Å². The van der Waals surface area contributed by atoms with Crippen molar-refractivity contribution in [2.45, 2.75) is 51.5 Å². The molecule has 0 saturated heterocycles. The molecule has 1 saturated carbocycles. The van der Waals surface area contributed by atoms with Gasteiger partial charge in [0.25, 0.3) is 0 Å². The second kappa shape index (κ2) is 6.89. The van der Waals surface area contributed by atoms with E-state index in [9.17, 15) is 0 Å². The lowest BCUT2D eigenvalue weighted by molar-refractivity contribution is 0.544. The van der Waals surface area contributed by atoms with Gasteiger partial charge >= 0.3 is 0 Å². The fourth-order valence-corrected chi connectivity index (χ4v) is 2.70. The lowest BCUT2D eigenvalue weighted by Crippen LogP contribution is -2.32. The molecule has 1 aliphatic rings. The van der Waals surface area contributed by atoms with E-state index in [-0.39, 0.29) is 5.28 Å². The Labute approximate surface area is 119 Å². The number of anilines is 2. The molecule has 0 unspecified atom stereocenters. The fraction of sp³-hybridized carbons (Fsp3) is 0.769. The maximum absolute atomic E-state index is 5.97. The first-order valence-electron chi connectivity index (χ1n) is 7.09. The first-order chi connectivity index (χ1) is 9.20. The van der Waals surface area contributed by atoms with E-state index in [1.165, 1.54) is 38.5 Å². The van der Waals surface area contributed by atoms with Gasteiger partial charge in [0.05, 0.1) is 0 Å². The van der Waals surface area contributed by atoms with Crippen molar-refractivity contribution in [1.82, 2.24) is 15.0 Å². The van der Waals surface area contributed by atoms with Crippen LogP contribution >= 0.6 is 11.6 Å². The minimum Gasteiger partial charge on any atom is -0.354 e. The van der Waals surface area contributed by atoms with Gasteiger partial charge in [-0.3, -0.25) is 0 Å². The highest BCUT2D eigenvalue weighted by Gasteiger charge is 2.20. The van der Waals surface area contributed by atoms with Gasteiger partial charge in [0, 0.05) is 19.6 Å². The zero-order valence-corrected chi connectivity index (χ0v) is 12.4. The molecule has 2 rings (SSSR count). The number of hydrogen-bond donors (Lipinski definition) is 1. The number of rotatable bonds is 4. The number of hydrogen-bond acceptors (Lipinski definition) is 5. The van der Waals surface area contributed by atoms with Crippen LogP contribution < -0.4 is 10.2 Å². The quantitative estimate of drug-likeness (QED) is 0.861. The van der Waals surface area contributed by atoms with E-state index < -0.39 is 0 Å². The van der Waals surface area contributed by atoms with Gasteiger partial charge < -0.3 is 10.2 Å². The van der Waals surface area contributed by atoms with E-state index >= 15 is 0 Å². The van der Waals surface area contributed by atoms with Crippen molar-refractivity contribution in [1.29, 1.82) is 0 Å². The van der Waals surface area contributed by atoms with Crippen molar-refractivity contribution in [2.24, 2.45) is 0 Å². The molecule has 6 heteroatoms. The Bertz CT molecular complexity index is 404. The van der Waals surface area contributed by atoms with Gasteiger partial charge in [-0.25, -0.2) is 0 Å². The molecule has 1 N–H and O–H groups in total. The fourth-order valence-electron chi connectivity index (χ4n) is 2.54. The molecule has 1 aliphatic carbocycles. The average molecular weight is 284 g/mol. The van der Waals surface area contributed by atoms with Crippen molar-refractivity contribution in [3.05, 3.63) is 5.28 Å². The third-order valence-corrected chi connectivity index (χ3v) is 3.79. The minimum absolute atomic E-state index is 0.251. The number of halogens is 1. The zero-order chi connectivity index (χ0) is 13.7. The summed E-state index contributed by atoms with van der Waals surface area (Å²) in [6.45, 7) is 2.78. The SMILES string of the molecule is CCNc1nc(Cl)nc(N(C)C2CCCCCC2)n1. The molecule has 5 nitrogen and oxygen atoms in total. The number of aromatic nitrogens is 3. The van der Waals surface area contributed by atoms with E-state index in [4.69, 9.17) is 11.6 Å². The third-order valence-electron chi connectivity index (χ3n) is 3.62. The van der Waals surface area contributed by atoms with Gasteiger partial charge in [-0.05, 0) is 31.4 Å². The van der Waals surface area contributed by atoms with Crippen molar-refractivity contribution in [2.75, 3.05) is 23.8 Å². The van der Waals surface area contributed by atoms with Crippen molar-refractivity contribution >= 4 is 23.5 Å². The predicted octanol–water partition coefficient (Wildman–Crippen LogP) is 3.12. The Balaban J connectivity index is 2.14. The van der Waals surface area contributed by atoms with E-state index in [0.717, 1.165) is 6.54 Å². The highest BCUT2D eigenvalue weighted by Crippen LogP contribution is 2.24. The van der Waals surface area contributed by atoms with Gasteiger partial charge in [0.2, 0.25) is 17.2 Å². The molecule has 0 aromatic carbocycles. The Morgan fingerprint density at radius 2 is 1.84 bits per heavy atom. The maximum Gasteiger partial charge on any atom is 0.231 e. The minimum atomic E-state index is 0.251. The molecule has 0 amide bonds. The summed E-state index contributed by atoms with van der Waals surface area (Å²) in [4.78, 5) is 14.9. The van der Waals surface area contributed by atoms with Crippen LogP contribution in [0.15, 0.2) is 0 Å². The van der Waals surface area contributed by atoms with Gasteiger partial charge in [0.15, 0.2) is 0 Å². The van der Waals surface area contributed by atoms with Crippen LogP contribution in [0.5, 0.6) is 0 Å². The van der Waals surface area contributed by atoms with Gasteiger partial charge in [-0.2, -0.15) is 15.0 Å². The summed E-state index contributed by atoms with van der Waals surface area (Å²) in [6, 6.07) is 0.510. The summed E-state index contributed by atoms with van der Waals surface area (Å²) in [6.07, 6.45) is 7.66. The van der Waals surface area contributed by atoms with Gasteiger partial charge in [0.1, 0.15) is 0 Å². The predicted molar refractivity (Wildman–Crippen MR) is 78.9 cm³/mol. The summed E-state index contributed by atoms with van der Waals surface area (Å²) >= 11 is 5.97. The van der Waals surface area contributed by atoms with E-state index in [0.29, 0.717) is 17.9 Å². The molecule has 1 aromatic heterocycles. The molecule has 1 heterocycles. The molecule has 19 heavy (non-hydrogen) atoms. The molecule has 0 bridgehead atoms. The van der Waals surface area contributed by atoms with Crippen LogP contribution in [0.4, 0.5) is 11.9 Å². The molecule has 0 aliphatic heterocycles. The third kappa shape index (κ3) is 3.93.